The lowest BCUT2D eigenvalue weighted by Gasteiger charge is -2.20. The van der Waals surface area contributed by atoms with Gasteiger partial charge in [-0.3, -0.25) is 20.4 Å². The summed E-state index contributed by atoms with van der Waals surface area (Å²) in [5.41, 5.74) is 6.29. The first kappa shape index (κ1) is 23.9. The molecule has 0 heterocycles. The van der Waals surface area contributed by atoms with E-state index in [0.29, 0.717) is 5.02 Å². The quantitative estimate of drug-likeness (QED) is 0.536. The molecule has 0 saturated heterocycles. The fourth-order valence-corrected chi connectivity index (χ4v) is 4.04. The molecule has 0 aromatic heterocycles. The Balaban J connectivity index is 2.01. The van der Waals surface area contributed by atoms with Gasteiger partial charge in [-0.25, -0.2) is 8.42 Å². The van der Waals surface area contributed by atoms with Gasteiger partial charge in [0.1, 0.15) is 6.04 Å². The minimum Gasteiger partial charge on any atom is -0.273 e. The van der Waals surface area contributed by atoms with Crippen molar-refractivity contribution in [3.63, 3.8) is 0 Å². The van der Waals surface area contributed by atoms with E-state index in [1.165, 1.54) is 12.1 Å². The SMILES string of the molecule is Cc1ccc(S(=O)(=O)NC(CC(C)C)C(=O)NNC(=O)Cc2ccc(Cl)cc2)cc1. The summed E-state index contributed by atoms with van der Waals surface area (Å²) in [6.45, 7) is 5.60. The van der Waals surface area contributed by atoms with E-state index < -0.39 is 27.9 Å². The maximum absolute atomic E-state index is 12.7. The van der Waals surface area contributed by atoms with Gasteiger partial charge in [-0.05, 0) is 49.1 Å². The van der Waals surface area contributed by atoms with E-state index in [1.807, 2.05) is 20.8 Å². The van der Waals surface area contributed by atoms with Gasteiger partial charge < -0.3 is 0 Å². The topological polar surface area (TPSA) is 104 Å². The van der Waals surface area contributed by atoms with Crippen molar-refractivity contribution in [2.45, 2.75) is 44.6 Å². The molecule has 9 heteroatoms. The second-order valence-corrected chi connectivity index (χ2v) is 9.61. The maximum Gasteiger partial charge on any atom is 0.256 e. The predicted octanol–water partition coefficient (Wildman–Crippen LogP) is 2.73. The zero-order chi connectivity index (χ0) is 22.3. The van der Waals surface area contributed by atoms with Crippen LogP contribution in [0.5, 0.6) is 0 Å². The van der Waals surface area contributed by atoms with Gasteiger partial charge in [0.25, 0.3) is 5.91 Å². The summed E-state index contributed by atoms with van der Waals surface area (Å²) < 4.78 is 27.7. The number of hydrogen-bond acceptors (Lipinski definition) is 4. The van der Waals surface area contributed by atoms with E-state index in [0.717, 1.165) is 11.1 Å². The number of hydrogen-bond donors (Lipinski definition) is 3. The molecule has 0 aliphatic carbocycles. The molecule has 30 heavy (non-hydrogen) atoms. The van der Waals surface area contributed by atoms with Crippen LogP contribution in [-0.4, -0.2) is 26.3 Å². The average Bonchev–Trinajstić information content (AvgIpc) is 2.67. The molecular formula is C21H26ClN3O4S. The highest BCUT2D eigenvalue weighted by Crippen LogP contribution is 2.13. The van der Waals surface area contributed by atoms with Crippen LogP contribution in [0.3, 0.4) is 0 Å². The highest BCUT2D eigenvalue weighted by atomic mass is 35.5. The second-order valence-electron chi connectivity index (χ2n) is 7.46. The molecule has 0 bridgehead atoms. The first-order valence-electron chi connectivity index (χ1n) is 9.49. The molecule has 3 N–H and O–H groups in total. The summed E-state index contributed by atoms with van der Waals surface area (Å²) in [7, 11) is -3.89. The number of benzene rings is 2. The summed E-state index contributed by atoms with van der Waals surface area (Å²) in [5, 5.41) is 0.560. The zero-order valence-electron chi connectivity index (χ0n) is 17.1. The minimum atomic E-state index is -3.89. The van der Waals surface area contributed by atoms with Crippen LogP contribution in [0.2, 0.25) is 5.02 Å². The van der Waals surface area contributed by atoms with Gasteiger partial charge in [-0.1, -0.05) is 55.3 Å². The zero-order valence-corrected chi connectivity index (χ0v) is 18.7. The van der Waals surface area contributed by atoms with Crippen molar-refractivity contribution in [2.75, 3.05) is 0 Å². The van der Waals surface area contributed by atoms with Gasteiger partial charge in [0.2, 0.25) is 15.9 Å². The molecule has 0 aliphatic rings. The third-order valence-electron chi connectivity index (χ3n) is 4.26. The Kier molecular flexibility index (Phi) is 8.40. The van der Waals surface area contributed by atoms with Gasteiger partial charge in [0.15, 0.2) is 0 Å². The Morgan fingerprint density at radius 2 is 1.57 bits per heavy atom. The van der Waals surface area contributed by atoms with Crippen molar-refractivity contribution in [3.05, 3.63) is 64.7 Å². The van der Waals surface area contributed by atoms with Crippen molar-refractivity contribution in [1.29, 1.82) is 0 Å². The third kappa shape index (κ3) is 7.44. The molecule has 2 rings (SSSR count). The van der Waals surface area contributed by atoms with Crippen LogP contribution < -0.4 is 15.6 Å². The molecule has 1 atom stereocenters. The smallest absolute Gasteiger partial charge is 0.256 e. The molecule has 0 fully saturated rings. The molecule has 0 radical (unpaired) electrons. The first-order chi connectivity index (χ1) is 14.1. The van der Waals surface area contributed by atoms with Crippen molar-refractivity contribution in [2.24, 2.45) is 5.92 Å². The maximum atomic E-state index is 12.7. The number of halogens is 1. The highest BCUT2D eigenvalue weighted by molar-refractivity contribution is 7.89. The second kappa shape index (κ2) is 10.6. The van der Waals surface area contributed by atoms with Crippen LogP contribution in [0.4, 0.5) is 0 Å². The van der Waals surface area contributed by atoms with Crippen molar-refractivity contribution in [3.8, 4) is 0 Å². The number of aryl methyl sites for hydroxylation is 1. The molecule has 2 aromatic carbocycles. The van der Waals surface area contributed by atoms with Crippen LogP contribution in [0.1, 0.15) is 31.4 Å². The molecule has 162 valence electrons. The highest BCUT2D eigenvalue weighted by Gasteiger charge is 2.26. The Morgan fingerprint density at radius 1 is 0.967 bits per heavy atom. The number of hydrazine groups is 1. The third-order valence-corrected chi connectivity index (χ3v) is 5.99. The van der Waals surface area contributed by atoms with Crippen molar-refractivity contribution >= 4 is 33.4 Å². The molecule has 7 nitrogen and oxygen atoms in total. The van der Waals surface area contributed by atoms with E-state index in [9.17, 15) is 18.0 Å². The lowest BCUT2D eigenvalue weighted by molar-refractivity contribution is -0.129. The number of carbonyl (C=O) groups excluding carboxylic acids is 2. The Hall–Kier alpha value is -2.42. The van der Waals surface area contributed by atoms with Crippen molar-refractivity contribution < 1.29 is 18.0 Å². The van der Waals surface area contributed by atoms with Crippen LogP contribution in [0.25, 0.3) is 0 Å². The normalized spacial score (nSPS) is 12.4. The summed E-state index contributed by atoms with van der Waals surface area (Å²) in [4.78, 5) is 24.7. The Bertz CT molecular complexity index is 974. The molecule has 0 aliphatic heterocycles. The fraction of sp³-hybridized carbons (Fsp3) is 0.333. The fourth-order valence-electron chi connectivity index (χ4n) is 2.70. The first-order valence-corrected chi connectivity index (χ1v) is 11.3. The van der Waals surface area contributed by atoms with E-state index in [1.54, 1.807) is 36.4 Å². The molecule has 0 spiro atoms. The number of nitrogens with one attached hydrogen (secondary N) is 3. The van der Waals surface area contributed by atoms with Crippen LogP contribution in [0.15, 0.2) is 53.4 Å². The number of carbonyl (C=O) groups is 2. The van der Waals surface area contributed by atoms with Gasteiger partial charge in [-0.15, -0.1) is 0 Å². The number of amides is 2. The molecule has 2 amide bonds. The lowest BCUT2D eigenvalue weighted by Crippen LogP contribution is -2.52. The van der Waals surface area contributed by atoms with Gasteiger partial charge in [0, 0.05) is 5.02 Å². The van der Waals surface area contributed by atoms with E-state index in [-0.39, 0.29) is 23.7 Å². The lowest BCUT2D eigenvalue weighted by atomic mass is 10.0. The van der Waals surface area contributed by atoms with Crippen molar-refractivity contribution in [1.82, 2.24) is 15.6 Å². The van der Waals surface area contributed by atoms with E-state index in [4.69, 9.17) is 11.6 Å². The molecule has 1 unspecified atom stereocenters. The summed E-state index contributed by atoms with van der Waals surface area (Å²) in [5.74, 6) is -1.02. The number of rotatable bonds is 8. The monoisotopic (exact) mass is 451 g/mol. The van der Waals surface area contributed by atoms with Gasteiger partial charge >= 0.3 is 0 Å². The Labute approximate surface area is 182 Å². The van der Waals surface area contributed by atoms with Crippen LogP contribution in [-0.2, 0) is 26.0 Å². The standard InChI is InChI=1S/C21H26ClN3O4S/c1-14(2)12-19(25-30(28,29)18-10-4-15(3)5-11-18)21(27)24-23-20(26)13-16-6-8-17(22)9-7-16/h4-11,14,19,25H,12-13H2,1-3H3,(H,23,26)(H,24,27). The van der Waals surface area contributed by atoms with Crippen LogP contribution >= 0.6 is 11.6 Å². The molecule has 0 saturated carbocycles. The van der Waals surface area contributed by atoms with Gasteiger partial charge in [0.05, 0.1) is 11.3 Å². The summed E-state index contributed by atoms with van der Waals surface area (Å²) in [6.07, 6.45) is 0.311. The van der Waals surface area contributed by atoms with E-state index in [2.05, 4.69) is 15.6 Å². The molecule has 2 aromatic rings. The van der Waals surface area contributed by atoms with Crippen LogP contribution in [0, 0.1) is 12.8 Å². The number of sulfonamides is 1. The summed E-state index contributed by atoms with van der Waals surface area (Å²) >= 11 is 5.82. The van der Waals surface area contributed by atoms with Gasteiger partial charge in [-0.2, -0.15) is 4.72 Å². The minimum absolute atomic E-state index is 0.0430. The van der Waals surface area contributed by atoms with E-state index >= 15 is 0 Å². The predicted molar refractivity (Wildman–Crippen MR) is 116 cm³/mol. The molecular weight excluding hydrogens is 426 g/mol. The Morgan fingerprint density at radius 3 is 2.13 bits per heavy atom. The summed E-state index contributed by atoms with van der Waals surface area (Å²) in [6, 6.07) is 12.1. The average molecular weight is 452 g/mol. The largest absolute Gasteiger partial charge is 0.273 e.